The molecule has 2 aromatic heterocycles. The number of aromatic nitrogens is 5. The summed E-state index contributed by atoms with van der Waals surface area (Å²) in [4.78, 5) is 138. The van der Waals surface area contributed by atoms with Crippen LogP contribution in [0, 0.1) is 5.92 Å². The molecule has 3 rings (SSSR count). The summed E-state index contributed by atoms with van der Waals surface area (Å²) < 4.78 is 17.7. The van der Waals surface area contributed by atoms with E-state index in [4.69, 9.17) is 25.7 Å². The fourth-order valence-electron chi connectivity index (χ4n) is 6.96. The molecule has 3 heterocycles. The summed E-state index contributed by atoms with van der Waals surface area (Å²) in [6, 6.07) is -8.85. The predicted molar refractivity (Wildman–Crippen MR) is 254 cm³/mol. The van der Waals surface area contributed by atoms with Gasteiger partial charge in [-0.25, -0.2) is 4.98 Å². The standard InChI is InChI=1S/C44H71N15O14/c1-4-5-9-35(62)48-10-12-71-13-14-72-15-16-73-24-37(64)52-31-18-28-22-59(58-57-28)11-7-6-8-29(39(46)65)51-36(63)21-49-40(66)30(17-27-20-47-25-50-27)54-44(70)38(26(2)3)56-43(69)33(23-60)55-42(68)32(19-34(45)61)53-41(31)67/h20,22,25-26,29-33,38,60H,4-19,21,23-24H2,1-3H3,(H2,45,61)(H2,46,65)(H,47,50)(H,48,62)(H,49,66)(H,51,63)(H,52,64)(H,53,67)(H,54,70)(H,55,68)(H,56,69). The number of hydrogen-bond acceptors (Lipinski definition) is 17. The van der Waals surface area contributed by atoms with Crippen molar-refractivity contribution in [3.05, 3.63) is 30.1 Å². The van der Waals surface area contributed by atoms with E-state index >= 15 is 0 Å². The Bertz CT molecular complexity index is 2120. The molecule has 2 aromatic rings. The van der Waals surface area contributed by atoms with Crippen molar-refractivity contribution >= 4 is 59.1 Å². The Morgan fingerprint density at radius 2 is 1.52 bits per heavy atom. The molecular weight excluding hydrogens is 963 g/mol. The largest absolute Gasteiger partial charge is 0.394 e. The van der Waals surface area contributed by atoms with Crippen molar-refractivity contribution in [3.8, 4) is 0 Å². The lowest BCUT2D eigenvalue weighted by Gasteiger charge is -2.27. The Morgan fingerprint density at radius 1 is 0.836 bits per heavy atom. The molecule has 6 atom stereocenters. The van der Waals surface area contributed by atoms with Crippen LogP contribution in [-0.2, 0) is 81.5 Å². The zero-order valence-electron chi connectivity index (χ0n) is 41.4. The smallest absolute Gasteiger partial charge is 0.246 e. The maximum Gasteiger partial charge on any atom is 0.246 e. The van der Waals surface area contributed by atoms with Crippen LogP contribution in [0.1, 0.15) is 77.1 Å². The predicted octanol–water partition coefficient (Wildman–Crippen LogP) is -5.64. The van der Waals surface area contributed by atoms with Gasteiger partial charge >= 0.3 is 0 Å². The number of fused-ring (bicyclic) bond motifs is 2. The number of nitrogens with zero attached hydrogens (tertiary/aromatic N) is 4. The number of aromatic amines is 1. The molecule has 6 unspecified atom stereocenters. The molecule has 1 aliphatic rings. The number of aryl methyl sites for hydroxylation is 1. The van der Waals surface area contributed by atoms with E-state index in [-0.39, 0.29) is 63.8 Å². The van der Waals surface area contributed by atoms with Crippen molar-refractivity contribution in [1.82, 2.24) is 67.5 Å². The monoisotopic (exact) mass is 1030 g/mol. The molecule has 0 spiro atoms. The number of unbranched alkanes of at least 4 members (excludes halogenated alkanes) is 1. The first kappa shape index (κ1) is 60.2. The lowest BCUT2D eigenvalue weighted by atomic mass is 10.0. The van der Waals surface area contributed by atoms with Crippen LogP contribution < -0.4 is 54.0 Å². The van der Waals surface area contributed by atoms with Crippen molar-refractivity contribution in [2.75, 3.05) is 59.3 Å². The third-order valence-electron chi connectivity index (χ3n) is 10.9. The fourth-order valence-corrected chi connectivity index (χ4v) is 6.96. The Kier molecular flexibility index (Phi) is 27.0. The lowest BCUT2D eigenvalue weighted by molar-refractivity contribution is -0.137. The van der Waals surface area contributed by atoms with E-state index in [0.29, 0.717) is 38.1 Å². The first-order chi connectivity index (χ1) is 34.9. The molecule has 406 valence electrons. The number of aliphatic hydroxyl groups excluding tert-OH is 1. The Labute approximate surface area is 421 Å². The van der Waals surface area contributed by atoms with Crippen LogP contribution in [0.15, 0.2) is 18.7 Å². The molecule has 10 amide bonds. The number of ether oxygens (including phenoxy) is 3. The minimum atomic E-state index is -1.77. The normalized spacial score (nSPS) is 21.3. The van der Waals surface area contributed by atoms with Crippen molar-refractivity contribution < 1.29 is 67.3 Å². The summed E-state index contributed by atoms with van der Waals surface area (Å²) in [5.41, 5.74) is 11.6. The molecule has 0 fully saturated rings. The summed E-state index contributed by atoms with van der Waals surface area (Å²) in [7, 11) is 0. The van der Waals surface area contributed by atoms with E-state index in [0.717, 1.165) is 12.8 Å². The number of carbonyl (C=O) groups is 10. The minimum absolute atomic E-state index is 0.0227. The number of amides is 10. The summed E-state index contributed by atoms with van der Waals surface area (Å²) >= 11 is 0. The number of nitrogens with one attached hydrogen (secondary N) is 9. The van der Waals surface area contributed by atoms with Crippen LogP contribution in [0.4, 0.5) is 0 Å². The molecule has 0 saturated carbocycles. The highest BCUT2D eigenvalue weighted by molar-refractivity contribution is 5.98. The number of hydrogen-bond donors (Lipinski definition) is 12. The summed E-state index contributed by atoms with van der Waals surface area (Å²) in [5.74, 6) is -9.02. The van der Waals surface area contributed by atoms with Gasteiger partial charge in [0.2, 0.25) is 59.1 Å². The van der Waals surface area contributed by atoms with Crippen LogP contribution in [0.2, 0.25) is 0 Å². The Hall–Kier alpha value is -7.11. The second-order valence-corrected chi connectivity index (χ2v) is 17.3. The van der Waals surface area contributed by atoms with Gasteiger partial charge in [-0.3, -0.25) is 52.6 Å². The van der Waals surface area contributed by atoms with E-state index in [1.54, 1.807) is 13.8 Å². The highest BCUT2D eigenvalue weighted by atomic mass is 16.5. The van der Waals surface area contributed by atoms with E-state index in [1.807, 2.05) is 6.92 Å². The van der Waals surface area contributed by atoms with Crippen molar-refractivity contribution in [1.29, 1.82) is 0 Å². The quantitative estimate of drug-likeness (QED) is 0.0489. The topological polar surface area (TPSA) is 426 Å². The van der Waals surface area contributed by atoms with Gasteiger partial charge in [0.25, 0.3) is 0 Å². The van der Waals surface area contributed by atoms with Crippen molar-refractivity contribution in [2.24, 2.45) is 17.4 Å². The average molecular weight is 1030 g/mol. The van der Waals surface area contributed by atoms with Gasteiger partial charge in [-0.15, -0.1) is 5.10 Å². The molecule has 0 saturated heterocycles. The van der Waals surface area contributed by atoms with Crippen molar-refractivity contribution in [2.45, 2.75) is 121 Å². The number of imidazole rings is 1. The van der Waals surface area contributed by atoms with E-state index in [2.05, 4.69) is 62.8 Å². The molecule has 29 heteroatoms. The van der Waals surface area contributed by atoms with Gasteiger partial charge in [0.05, 0.1) is 64.6 Å². The maximum atomic E-state index is 14.0. The molecule has 2 bridgehead atoms. The number of aliphatic hydroxyl groups is 1. The van der Waals surface area contributed by atoms with Gasteiger partial charge in [0, 0.05) is 50.4 Å². The number of rotatable bonds is 22. The van der Waals surface area contributed by atoms with Crippen LogP contribution in [0.25, 0.3) is 0 Å². The third kappa shape index (κ3) is 23.3. The Morgan fingerprint density at radius 3 is 2.18 bits per heavy atom. The molecule has 1 aliphatic heterocycles. The Balaban J connectivity index is 1.80. The highest BCUT2D eigenvalue weighted by Crippen LogP contribution is 2.09. The fraction of sp³-hybridized carbons (Fsp3) is 0.659. The van der Waals surface area contributed by atoms with Gasteiger partial charge in [0.15, 0.2) is 0 Å². The minimum Gasteiger partial charge on any atom is -0.394 e. The first-order valence-electron chi connectivity index (χ1n) is 24.0. The van der Waals surface area contributed by atoms with Gasteiger partial charge in [-0.2, -0.15) is 0 Å². The number of H-pyrrole nitrogens is 1. The maximum absolute atomic E-state index is 14.0. The zero-order chi connectivity index (χ0) is 53.7. The second-order valence-electron chi connectivity index (χ2n) is 17.3. The molecule has 14 N–H and O–H groups in total. The zero-order valence-corrected chi connectivity index (χ0v) is 41.4. The molecule has 73 heavy (non-hydrogen) atoms. The van der Waals surface area contributed by atoms with Gasteiger partial charge in [0.1, 0.15) is 42.9 Å². The van der Waals surface area contributed by atoms with Gasteiger partial charge < -0.3 is 78.3 Å². The summed E-state index contributed by atoms with van der Waals surface area (Å²) in [6.45, 7) is 4.39. The summed E-state index contributed by atoms with van der Waals surface area (Å²) in [5, 5.41) is 38.3. The van der Waals surface area contributed by atoms with Crippen molar-refractivity contribution in [3.63, 3.8) is 0 Å². The SMILES string of the molecule is CCCCC(=O)NCCOCCOCCOCC(=O)NC1Cc2cn(nn2)CCCCC(C(N)=O)NC(=O)CNC(=O)C(Cc2cnc[nH]2)NC(=O)C(C(C)C)NC(=O)C(CO)NC(=O)C(CC(N)=O)NC1=O. The number of nitrogens with two attached hydrogens (primary N) is 2. The average Bonchev–Trinajstić information content (AvgIpc) is 4.04. The molecule has 0 aromatic carbocycles. The van der Waals surface area contributed by atoms with Gasteiger partial charge in [-0.1, -0.05) is 32.4 Å². The van der Waals surface area contributed by atoms with Crippen LogP contribution in [0.5, 0.6) is 0 Å². The third-order valence-corrected chi connectivity index (χ3v) is 10.9. The number of carbonyl (C=O) groups excluding carboxylic acids is 10. The first-order valence-corrected chi connectivity index (χ1v) is 24.0. The second kappa shape index (κ2) is 32.8. The van der Waals surface area contributed by atoms with Crippen LogP contribution in [0.3, 0.4) is 0 Å². The highest BCUT2D eigenvalue weighted by Gasteiger charge is 2.35. The molecule has 29 nitrogen and oxygen atoms in total. The van der Waals surface area contributed by atoms with Crippen LogP contribution >= 0.6 is 0 Å². The van der Waals surface area contributed by atoms with Gasteiger partial charge in [-0.05, 0) is 31.6 Å². The lowest BCUT2D eigenvalue weighted by Crippen LogP contribution is -2.61. The molecular formula is C44H71N15O14. The molecule has 0 aliphatic carbocycles. The molecule has 0 radical (unpaired) electrons. The summed E-state index contributed by atoms with van der Waals surface area (Å²) in [6.07, 6.45) is 6.02. The van der Waals surface area contributed by atoms with E-state index < -0.39 is 122 Å². The van der Waals surface area contributed by atoms with Crippen LogP contribution in [-0.4, -0.2) is 185 Å². The van der Waals surface area contributed by atoms with E-state index in [9.17, 15) is 53.1 Å². The number of primary amides is 2. The van der Waals surface area contributed by atoms with E-state index in [1.165, 1.54) is 23.4 Å².